The van der Waals surface area contributed by atoms with E-state index in [0.29, 0.717) is 29.3 Å². The second-order valence-electron chi connectivity index (χ2n) is 6.05. The molecule has 0 fully saturated rings. The van der Waals surface area contributed by atoms with E-state index in [1.807, 2.05) is 25.2 Å². The Bertz CT molecular complexity index is 807. The van der Waals surface area contributed by atoms with Gasteiger partial charge in [-0.05, 0) is 24.3 Å². The summed E-state index contributed by atoms with van der Waals surface area (Å²) in [6, 6.07) is 12.4. The van der Waals surface area contributed by atoms with Crippen LogP contribution < -0.4 is 19.7 Å². The third-order valence-electron chi connectivity index (χ3n) is 4.05. The van der Waals surface area contributed by atoms with Gasteiger partial charge in [0.15, 0.2) is 18.0 Å². The molecule has 0 bridgehead atoms. The van der Waals surface area contributed by atoms with Crippen LogP contribution in [0.2, 0.25) is 0 Å². The molecule has 1 atom stereocenters. The minimum atomic E-state index is -0.493. The largest absolute Gasteiger partial charge is 0.493 e. The first-order valence-electron chi connectivity index (χ1n) is 8.48. The molecule has 0 radical (unpaired) electrons. The van der Waals surface area contributed by atoms with Crippen molar-refractivity contribution in [1.29, 1.82) is 0 Å². The first kappa shape index (κ1) is 20.3. The van der Waals surface area contributed by atoms with E-state index in [9.17, 15) is 9.59 Å². The van der Waals surface area contributed by atoms with Gasteiger partial charge in [-0.15, -0.1) is 0 Å². The van der Waals surface area contributed by atoms with E-state index in [1.165, 1.54) is 7.11 Å². The van der Waals surface area contributed by atoms with Gasteiger partial charge in [-0.1, -0.05) is 18.2 Å². The van der Waals surface area contributed by atoms with Gasteiger partial charge in [0.2, 0.25) is 0 Å². The predicted molar refractivity (Wildman–Crippen MR) is 101 cm³/mol. The first-order chi connectivity index (χ1) is 13.0. The zero-order valence-electron chi connectivity index (χ0n) is 16.0. The normalized spacial score (nSPS) is 11.4. The second kappa shape index (κ2) is 9.59. The molecule has 2 aromatic rings. The molecule has 2 aromatic carbocycles. The van der Waals surface area contributed by atoms with Crippen molar-refractivity contribution in [2.75, 3.05) is 40.2 Å². The van der Waals surface area contributed by atoms with Gasteiger partial charge in [0, 0.05) is 0 Å². The number of esters is 1. The summed E-state index contributed by atoms with van der Waals surface area (Å²) in [5, 5.41) is 2.78. The molecule has 0 aliphatic heterocycles. The Labute approximate surface area is 158 Å². The molecule has 0 aliphatic carbocycles. The first-order valence-corrected chi connectivity index (χ1v) is 8.48. The molecule has 7 heteroatoms. The molecular weight excluding hydrogens is 348 g/mol. The maximum atomic E-state index is 12.4. The lowest BCUT2D eigenvalue weighted by molar-refractivity contribution is -0.885. The van der Waals surface area contributed by atoms with Crippen LogP contribution in [0, 0.1) is 0 Å². The molecule has 0 spiro atoms. The number of likely N-dealkylation sites (N-methyl/N-ethyl adjacent to an activating group) is 1. The number of methoxy groups -OCH3 is 3. The number of carbonyl (C=O) groups excluding carboxylic acids is 2. The highest BCUT2D eigenvalue weighted by atomic mass is 16.5. The van der Waals surface area contributed by atoms with Crippen molar-refractivity contribution in [2.45, 2.75) is 6.54 Å². The Hall–Kier alpha value is -3.06. The topological polar surface area (TPSA) is 78.3 Å². The van der Waals surface area contributed by atoms with Gasteiger partial charge in [0.25, 0.3) is 5.91 Å². The summed E-state index contributed by atoms with van der Waals surface area (Å²) in [5.74, 6) is 0.619. The van der Waals surface area contributed by atoms with E-state index >= 15 is 0 Å². The summed E-state index contributed by atoms with van der Waals surface area (Å²) in [7, 11) is 6.39. The molecule has 0 heterocycles. The molecule has 0 saturated carbocycles. The number of benzene rings is 2. The fraction of sp³-hybridized carbons (Fsp3) is 0.300. The van der Waals surface area contributed by atoms with Gasteiger partial charge in [-0.2, -0.15) is 0 Å². The van der Waals surface area contributed by atoms with Gasteiger partial charge in [-0.3, -0.25) is 4.79 Å². The van der Waals surface area contributed by atoms with Crippen molar-refractivity contribution in [2.24, 2.45) is 0 Å². The van der Waals surface area contributed by atoms with Crippen LogP contribution >= 0.6 is 0 Å². The highest BCUT2D eigenvalue weighted by Gasteiger charge is 2.18. The third kappa shape index (κ3) is 5.21. The van der Waals surface area contributed by atoms with Crippen molar-refractivity contribution < 1.29 is 28.7 Å². The van der Waals surface area contributed by atoms with Crippen molar-refractivity contribution >= 4 is 17.6 Å². The van der Waals surface area contributed by atoms with Crippen molar-refractivity contribution in [3.63, 3.8) is 0 Å². The fourth-order valence-electron chi connectivity index (χ4n) is 2.83. The molecule has 0 aliphatic rings. The quantitative estimate of drug-likeness (QED) is 0.679. The SMILES string of the molecule is COC(=O)c1ccccc1NC(=O)C[NH+](C)Cc1cccc(OC)c1OC. The van der Waals surface area contributed by atoms with Gasteiger partial charge >= 0.3 is 5.97 Å². The van der Waals surface area contributed by atoms with Crippen LogP contribution in [0.5, 0.6) is 11.5 Å². The molecule has 1 unspecified atom stereocenters. The zero-order chi connectivity index (χ0) is 19.8. The van der Waals surface area contributed by atoms with E-state index in [2.05, 4.69) is 5.32 Å². The number of carbonyl (C=O) groups is 2. The highest BCUT2D eigenvalue weighted by molar-refractivity contribution is 6.01. The number of para-hydroxylation sites is 2. The van der Waals surface area contributed by atoms with Gasteiger partial charge in [0.05, 0.1) is 45.2 Å². The Kier molecular flexibility index (Phi) is 7.19. The fourth-order valence-corrected chi connectivity index (χ4v) is 2.83. The van der Waals surface area contributed by atoms with Crippen LogP contribution in [-0.2, 0) is 16.1 Å². The van der Waals surface area contributed by atoms with E-state index in [4.69, 9.17) is 14.2 Å². The maximum absolute atomic E-state index is 12.4. The lowest BCUT2D eigenvalue weighted by atomic mass is 10.1. The lowest BCUT2D eigenvalue weighted by Crippen LogP contribution is -3.08. The van der Waals surface area contributed by atoms with Crippen LogP contribution in [0.15, 0.2) is 42.5 Å². The predicted octanol–water partition coefficient (Wildman–Crippen LogP) is 1.14. The van der Waals surface area contributed by atoms with E-state index in [0.717, 1.165) is 10.5 Å². The second-order valence-corrected chi connectivity index (χ2v) is 6.05. The summed E-state index contributed by atoms with van der Waals surface area (Å²) in [6.07, 6.45) is 0. The van der Waals surface area contributed by atoms with Crippen LogP contribution in [0.4, 0.5) is 5.69 Å². The number of amides is 1. The molecule has 27 heavy (non-hydrogen) atoms. The smallest absolute Gasteiger partial charge is 0.339 e. The van der Waals surface area contributed by atoms with Crippen molar-refractivity contribution in [3.8, 4) is 11.5 Å². The number of nitrogens with one attached hydrogen (secondary N) is 2. The summed E-state index contributed by atoms with van der Waals surface area (Å²) in [6.45, 7) is 0.794. The molecule has 7 nitrogen and oxygen atoms in total. The molecule has 1 amide bonds. The lowest BCUT2D eigenvalue weighted by Gasteiger charge is -2.17. The molecule has 144 valence electrons. The highest BCUT2D eigenvalue weighted by Crippen LogP contribution is 2.30. The molecule has 2 N–H and O–H groups in total. The monoisotopic (exact) mass is 373 g/mol. The van der Waals surface area contributed by atoms with Crippen LogP contribution in [-0.4, -0.2) is 46.8 Å². The van der Waals surface area contributed by atoms with Crippen LogP contribution in [0.3, 0.4) is 0 Å². The van der Waals surface area contributed by atoms with Gasteiger partial charge in [0.1, 0.15) is 6.54 Å². The minimum absolute atomic E-state index is 0.203. The number of hydrogen-bond acceptors (Lipinski definition) is 5. The van der Waals surface area contributed by atoms with E-state index < -0.39 is 5.97 Å². The van der Waals surface area contributed by atoms with Gasteiger partial charge < -0.3 is 24.4 Å². The summed E-state index contributed by atoms with van der Waals surface area (Å²) >= 11 is 0. The number of anilines is 1. The summed E-state index contributed by atoms with van der Waals surface area (Å²) < 4.78 is 15.5. The third-order valence-corrected chi connectivity index (χ3v) is 4.05. The van der Waals surface area contributed by atoms with Crippen molar-refractivity contribution in [3.05, 3.63) is 53.6 Å². The van der Waals surface area contributed by atoms with E-state index in [1.54, 1.807) is 38.5 Å². The van der Waals surface area contributed by atoms with Crippen LogP contribution in [0.25, 0.3) is 0 Å². The zero-order valence-corrected chi connectivity index (χ0v) is 16.0. The number of ether oxygens (including phenoxy) is 3. The van der Waals surface area contributed by atoms with Gasteiger partial charge in [-0.25, -0.2) is 4.79 Å². The molecule has 0 aromatic heterocycles. The molecule has 0 saturated heterocycles. The molecular formula is C20H25N2O5+. The number of rotatable bonds is 8. The Morgan fingerprint density at radius 2 is 1.74 bits per heavy atom. The number of quaternary nitrogens is 1. The standard InChI is InChI=1S/C20H24N2O5/c1-22(12-14-8-7-11-17(25-2)19(14)26-3)13-18(23)21-16-10-6-5-9-15(16)20(24)27-4/h5-11H,12-13H2,1-4H3,(H,21,23)/p+1. The minimum Gasteiger partial charge on any atom is -0.493 e. The Morgan fingerprint density at radius 3 is 2.41 bits per heavy atom. The average molecular weight is 373 g/mol. The Balaban J connectivity index is 2.04. The number of hydrogen-bond donors (Lipinski definition) is 2. The Morgan fingerprint density at radius 1 is 1.00 bits per heavy atom. The average Bonchev–Trinajstić information content (AvgIpc) is 2.67. The maximum Gasteiger partial charge on any atom is 0.339 e. The summed E-state index contributed by atoms with van der Waals surface area (Å²) in [5.41, 5.74) is 1.69. The van der Waals surface area contributed by atoms with Crippen LogP contribution in [0.1, 0.15) is 15.9 Å². The summed E-state index contributed by atoms with van der Waals surface area (Å²) in [4.78, 5) is 25.2. The van der Waals surface area contributed by atoms with E-state index in [-0.39, 0.29) is 12.5 Å². The van der Waals surface area contributed by atoms with Crippen molar-refractivity contribution in [1.82, 2.24) is 0 Å². The molecule has 2 rings (SSSR count).